The molecule has 196 valence electrons. The Morgan fingerprint density at radius 1 is 0.463 bits per heavy atom. The first kappa shape index (κ1) is 24.0. The highest BCUT2D eigenvalue weighted by Crippen LogP contribution is 2.50. The maximum atomic E-state index is 2.43. The number of rotatable bonds is 3. The Kier molecular flexibility index (Phi) is 5.15. The van der Waals surface area contributed by atoms with E-state index in [4.69, 9.17) is 0 Å². The Hall–Kier alpha value is -4.88. The highest BCUT2D eigenvalue weighted by atomic mass is 15.0. The smallest absolute Gasteiger partial charge is 0.0541 e. The van der Waals surface area contributed by atoms with Crippen LogP contribution in [0.25, 0.3) is 60.9 Å². The minimum atomic E-state index is -0.0231. The quantitative estimate of drug-likeness (QED) is 0.216. The van der Waals surface area contributed by atoms with Gasteiger partial charge in [0, 0.05) is 21.9 Å². The van der Waals surface area contributed by atoms with Crippen molar-refractivity contribution in [3.63, 3.8) is 0 Å². The molecule has 1 heteroatoms. The van der Waals surface area contributed by atoms with Crippen molar-refractivity contribution in [2.45, 2.75) is 26.2 Å². The molecule has 8 rings (SSSR count). The van der Waals surface area contributed by atoms with Crippen LogP contribution in [-0.4, -0.2) is 4.57 Å². The fourth-order valence-corrected chi connectivity index (χ4v) is 6.90. The summed E-state index contributed by atoms with van der Waals surface area (Å²) >= 11 is 0. The van der Waals surface area contributed by atoms with Crippen molar-refractivity contribution in [2.24, 2.45) is 0 Å². The second-order valence-electron chi connectivity index (χ2n) is 11.9. The Morgan fingerprint density at radius 2 is 0.976 bits per heavy atom. The van der Waals surface area contributed by atoms with Crippen molar-refractivity contribution in [2.75, 3.05) is 0 Å². The van der Waals surface area contributed by atoms with E-state index in [0.29, 0.717) is 0 Å². The Labute approximate surface area is 241 Å². The van der Waals surface area contributed by atoms with Crippen molar-refractivity contribution in [3.05, 3.63) is 150 Å². The van der Waals surface area contributed by atoms with Gasteiger partial charge in [-0.2, -0.15) is 0 Å². The van der Waals surface area contributed by atoms with Gasteiger partial charge in [0.15, 0.2) is 0 Å². The third-order valence-electron chi connectivity index (χ3n) is 9.05. The summed E-state index contributed by atoms with van der Waals surface area (Å²) < 4.78 is 2.40. The highest BCUT2D eigenvalue weighted by Gasteiger charge is 2.35. The lowest BCUT2D eigenvalue weighted by atomic mass is 9.81. The Balaban J connectivity index is 1.34. The SMILES string of the molecule is Cc1ccc2c(c1)C(C)(C)c1cc(-c3ccc4c(c3)c3cc(-c5ccccc5)ccc3n4-c3ccccc3)ccc1-2. The van der Waals surface area contributed by atoms with E-state index in [9.17, 15) is 0 Å². The van der Waals surface area contributed by atoms with Gasteiger partial charge in [0.1, 0.15) is 0 Å². The molecule has 7 aromatic rings. The number of nitrogens with zero attached hydrogens (tertiary/aromatic N) is 1. The Morgan fingerprint density at radius 3 is 1.63 bits per heavy atom. The number of aryl methyl sites for hydroxylation is 1. The molecule has 0 N–H and O–H groups in total. The first-order valence-electron chi connectivity index (χ1n) is 14.4. The predicted octanol–water partition coefficient (Wildman–Crippen LogP) is 10.7. The van der Waals surface area contributed by atoms with E-state index in [1.807, 2.05) is 0 Å². The van der Waals surface area contributed by atoms with E-state index in [-0.39, 0.29) is 5.41 Å². The molecule has 1 nitrogen and oxygen atoms in total. The van der Waals surface area contributed by atoms with E-state index in [1.54, 1.807) is 0 Å². The van der Waals surface area contributed by atoms with Crippen molar-refractivity contribution < 1.29 is 0 Å². The van der Waals surface area contributed by atoms with E-state index >= 15 is 0 Å². The van der Waals surface area contributed by atoms with Crippen molar-refractivity contribution >= 4 is 21.8 Å². The van der Waals surface area contributed by atoms with Gasteiger partial charge in [0.25, 0.3) is 0 Å². The molecule has 0 radical (unpaired) electrons. The lowest BCUT2D eigenvalue weighted by Crippen LogP contribution is -2.15. The van der Waals surface area contributed by atoms with Crippen LogP contribution in [0, 0.1) is 6.92 Å². The number of hydrogen-bond acceptors (Lipinski definition) is 0. The molecule has 0 atom stereocenters. The number of para-hydroxylation sites is 1. The summed E-state index contributed by atoms with van der Waals surface area (Å²) in [5.74, 6) is 0. The predicted molar refractivity (Wildman–Crippen MR) is 174 cm³/mol. The van der Waals surface area contributed by atoms with E-state index < -0.39 is 0 Å². The zero-order valence-corrected chi connectivity index (χ0v) is 23.6. The van der Waals surface area contributed by atoms with Crippen LogP contribution >= 0.6 is 0 Å². The number of hydrogen-bond donors (Lipinski definition) is 0. The summed E-state index contributed by atoms with van der Waals surface area (Å²) in [6.45, 7) is 6.92. The van der Waals surface area contributed by atoms with Crippen LogP contribution in [0.15, 0.2) is 133 Å². The second-order valence-corrected chi connectivity index (χ2v) is 11.9. The first-order valence-corrected chi connectivity index (χ1v) is 14.4. The van der Waals surface area contributed by atoms with Crippen molar-refractivity contribution in [3.8, 4) is 39.1 Å². The lowest BCUT2D eigenvalue weighted by Gasteiger charge is -2.22. The maximum Gasteiger partial charge on any atom is 0.0541 e. The van der Waals surface area contributed by atoms with Gasteiger partial charge in [0.05, 0.1) is 11.0 Å². The Bertz CT molecular complexity index is 2110. The molecule has 0 unspecified atom stereocenters. The second kappa shape index (κ2) is 8.81. The highest BCUT2D eigenvalue weighted by molar-refractivity contribution is 6.11. The molecule has 0 bridgehead atoms. The fourth-order valence-electron chi connectivity index (χ4n) is 6.90. The van der Waals surface area contributed by atoms with Gasteiger partial charge < -0.3 is 4.57 Å². The molecule has 0 saturated heterocycles. The average Bonchev–Trinajstić information content (AvgIpc) is 3.45. The van der Waals surface area contributed by atoms with Gasteiger partial charge in [-0.05, 0) is 93.9 Å². The van der Waals surface area contributed by atoms with Gasteiger partial charge in [-0.25, -0.2) is 0 Å². The van der Waals surface area contributed by atoms with Gasteiger partial charge in [0.2, 0.25) is 0 Å². The average molecular weight is 526 g/mol. The molecule has 41 heavy (non-hydrogen) atoms. The zero-order chi connectivity index (χ0) is 27.7. The molecule has 0 spiro atoms. The molecule has 0 amide bonds. The van der Waals surface area contributed by atoms with Crippen LogP contribution in [0.2, 0.25) is 0 Å². The van der Waals surface area contributed by atoms with Gasteiger partial charge in [-0.15, -0.1) is 0 Å². The third-order valence-corrected chi connectivity index (χ3v) is 9.05. The fraction of sp³-hybridized carbons (Fsp3) is 0.100. The summed E-state index contributed by atoms with van der Waals surface area (Å²) in [5, 5.41) is 2.55. The van der Waals surface area contributed by atoms with Crippen LogP contribution in [0.5, 0.6) is 0 Å². The van der Waals surface area contributed by atoms with Gasteiger partial charge >= 0.3 is 0 Å². The minimum absolute atomic E-state index is 0.0231. The van der Waals surface area contributed by atoms with Gasteiger partial charge in [-0.3, -0.25) is 0 Å². The van der Waals surface area contributed by atoms with Crippen molar-refractivity contribution in [1.82, 2.24) is 4.57 Å². The molecule has 6 aromatic carbocycles. The summed E-state index contributed by atoms with van der Waals surface area (Å²) in [6.07, 6.45) is 0. The van der Waals surface area contributed by atoms with Crippen LogP contribution in [0.4, 0.5) is 0 Å². The molecule has 1 heterocycles. The number of fused-ring (bicyclic) bond motifs is 6. The van der Waals surface area contributed by atoms with E-state index in [1.165, 1.54) is 77.6 Å². The van der Waals surface area contributed by atoms with Crippen LogP contribution in [0.1, 0.15) is 30.5 Å². The summed E-state index contributed by atoms with van der Waals surface area (Å²) in [7, 11) is 0. The van der Waals surface area contributed by atoms with Crippen LogP contribution in [-0.2, 0) is 5.41 Å². The monoisotopic (exact) mass is 525 g/mol. The first-order chi connectivity index (χ1) is 20.0. The molecular weight excluding hydrogens is 494 g/mol. The molecule has 0 aliphatic heterocycles. The largest absolute Gasteiger partial charge is 0.309 e. The summed E-state index contributed by atoms with van der Waals surface area (Å²) in [5.41, 5.74) is 15.5. The van der Waals surface area contributed by atoms with E-state index in [0.717, 1.165) is 0 Å². The summed E-state index contributed by atoms with van der Waals surface area (Å²) in [4.78, 5) is 0. The molecule has 0 saturated carbocycles. The van der Waals surface area contributed by atoms with Crippen LogP contribution in [0.3, 0.4) is 0 Å². The third kappa shape index (κ3) is 3.62. The van der Waals surface area contributed by atoms with E-state index in [2.05, 4.69) is 159 Å². The zero-order valence-electron chi connectivity index (χ0n) is 23.6. The lowest BCUT2D eigenvalue weighted by molar-refractivity contribution is 0.660. The van der Waals surface area contributed by atoms with Gasteiger partial charge in [-0.1, -0.05) is 110 Å². The summed E-state index contributed by atoms with van der Waals surface area (Å²) in [6, 6.07) is 49.2. The molecule has 0 fully saturated rings. The standard InChI is InChI=1S/C40H31N/c1-26-14-18-32-33-19-15-30(25-37(33)40(2,3)36(32)22-26)29-17-21-39-35(24-29)34-23-28(27-10-6-4-7-11-27)16-20-38(34)41(39)31-12-8-5-9-13-31/h4-25H,1-3H3. The number of benzene rings is 6. The minimum Gasteiger partial charge on any atom is -0.309 e. The number of aromatic nitrogens is 1. The maximum absolute atomic E-state index is 2.43. The molecular formula is C40H31N. The normalized spacial score (nSPS) is 13.4. The van der Waals surface area contributed by atoms with Crippen LogP contribution < -0.4 is 0 Å². The topological polar surface area (TPSA) is 4.93 Å². The van der Waals surface area contributed by atoms with Crippen molar-refractivity contribution in [1.29, 1.82) is 0 Å². The molecule has 1 aromatic heterocycles. The molecule has 1 aliphatic rings. The molecule has 1 aliphatic carbocycles.